The van der Waals surface area contributed by atoms with Crippen LogP contribution in [0.3, 0.4) is 0 Å². The minimum absolute atomic E-state index is 0.0330. The van der Waals surface area contributed by atoms with Crippen molar-refractivity contribution in [2.45, 2.75) is 18.4 Å². The minimum atomic E-state index is -0.326. The van der Waals surface area contributed by atoms with Gasteiger partial charge in [0.05, 0.1) is 20.8 Å². The van der Waals surface area contributed by atoms with E-state index in [4.69, 9.17) is 5.11 Å². The van der Waals surface area contributed by atoms with E-state index in [1.807, 2.05) is 6.07 Å². The molecule has 0 atom stereocenters. The van der Waals surface area contributed by atoms with E-state index in [2.05, 4.69) is 21.2 Å². The van der Waals surface area contributed by atoms with Crippen LogP contribution in [0.25, 0.3) is 0 Å². The Morgan fingerprint density at radius 1 is 1.64 bits per heavy atom. The topological polar surface area (TPSA) is 49.3 Å². The molecule has 76 valence electrons. The number of carbonyl (C=O) groups excluding carboxylic acids is 1. The number of thiophene rings is 1. The summed E-state index contributed by atoms with van der Waals surface area (Å²) in [7, 11) is 0. The second kappa shape index (κ2) is 3.64. The first-order valence-electron chi connectivity index (χ1n) is 4.34. The number of hydrogen-bond donors (Lipinski definition) is 2. The largest absolute Gasteiger partial charge is 0.394 e. The molecule has 0 aliphatic heterocycles. The highest BCUT2D eigenvalue weighted by atomic mass is 79.9. The Hall–Kier alpha value is -0.390. The van der Waals surface area contributed by atoms with Crippen molar-refractivity contribution in [1.29, 1.82) is 0 Å². The zero-order chi connectivity index (χ0) is 10.2. The second-order valence-electron chi connectivity index (χ2n) is 3.50. The fraction of sp³-hybridized carbons (Fsp3) is 0.444. The number of aliphatic hydroxyl groups excluding tert-OH is 1. The van der Waals surface area contributed by atoms with E-state index in [0.29, 0.717) is 4.88 Å². The first-order valence-corrected chi connectivity index (χ1v) is 5.95. The number of nitrogens with one attached hydrogen (secondary N) is 1. The van der Waals surface area contributed by atoms with Crippen molar-refractivity contribution < 1.29 is 9.90 Å². The molecule has 1 heterocycles. The lowest BCUT2D eigenvalue weighted by atomic mass is 10.3. The molecule has 1 saturated carbocycles. The predicted octanol–water partition coefficient (Wildman–Crippen LogP) is 1.77. The van der Waals surface area contributed by atoms with Crippen LogP contribution in [0.5, 0.6) is 0 Å². The van der Waals surface area contributed by atoms with Gasteiger partial charge in [-0.05, 0) is 40.9 Å². The summed E-state index contributed by atoms with van der Waals surface area (Å²) in [6, 6.07) is 3.62. The van der Waals surface area contributed by atoms with E-state index >= 15 is 0 Å². The highest BCUT2D eigenvalue weighted by molar-refractivity contribution is 9.11. The summed E-state index contributed by atoms with van der Waals surface area (Å²) in [5.74, 6) is -0.0905. The van der Waals surface area contributed by atoms with Gasteiger partial charge in [-0.3, -0.25) is 4.79 Å². The van der Waals surface area contributed by atoms with Crippen LogP contribution in [0.2, 0.25) is 0 Å². The third-order valence-corrected chi connectivity index (χ3v) is 3.95. The minimum Gasteiger partial charge on any atom is -0.394 e. The first kappa shape index (κ1) is 10.1. The van der Waals surface area contributed by atoms with Crippen LogP contribution in [0, 0.1) is 0 Å². The quantitative estimate of drug-likeness (QED) is 0.884. The Morgan fingerprint density at radius 2 is 2.36 bits per heavy atom. The van der Waals surface area contributed by atoms with E-state index in [9.17, 15) is 4.79 Å². The summed E-state index contributed by atoms with van der Waals surface area (Å²) in [6.45, 7) is 0.0330. The van der Waals surface area contributed by atoms with Crippen molar-refractivity contribution in [2.75, 3.05) is 6.61 Å². The van der Waals surface area contributed by atoms with Crippen molar-refractivity contribution in [3.05, 3.63) is 20.8 Å². The van der Waals surface area contributed by atoms with Gasteiger partial charge in [-0.2, -0.15) is 0 Å². The molecule has 14 heavy (non-hydrogen) atoms. The summed E-state index contributed by atoms with van der Waals surface area (Å²) in [6.07, 6.45) is 1.75. The van der Waals surface area contributed by atoms with Gasteiger partial charge in [-0.25, -0.2) is 0 Å². The maximum absolute atomic E-state index is 11.6. The van der Waals surface area contributed by atoms with Gasteiger partial charge in [0, 0.05) is 0 Å². The van der Waals surface area contributed by atoms with Gasteiger partial charge in [0.2, 0.25) is 0 Å². The molecule has 1 amide bonds. The lowest BCUT2D eigenvalue weighted by molar-refractivity contribution is 0.0911. The van der Waals surface area contributed by atoms with Gasteiger partial charge in [0.25, 0.3) is 5.91 Å². The van der Waals surface area contributed by atoms with Crippen molar-refractivity contribution in [2.24, 2.45) is 0 Å². The van der Waals surface area contributed by atoms with Gasteiger partial charge < -0.3 is 10.4 Å². The summed E-state index contributed by atoms with van der Waals surface area (Å²) < 4.78 is 0.941. The Labute approximate surface area is 94.3 Å². The standard InChI is InChI=1S/C9H10BrNO2S/c10-7-2-1-6(14-7)8(13)11-9(5-12)3-4-9/h1-2,12H,3-5H2,(H,11,13). The lowest BCUT2D eigenvalue weighted by Crippen LogP contribution is -2.39. The van der Waals surface area contributed by atoms with Crippen molar-refractivity contribution in [3.8, 4) is 0 Å². The van der Waals surface area contributed by atoms with E-state index in [1.165, 1.54) is 11.3 Å². The molecule has 1 aromatic heterocycles. The highest BCUT2D eigenvalue weighted by Gasteiger charge is 2.43. The molecule has 0 bridgehead atoms. The van der Waals surface area contributed by atoms with E-state index in [-0.39, 0.29) is 18.1 Å². The summed E-state index contributed by atoms with van der Waals surface area (Å²) in [5.41, 5.74) is -0.326. The zero-order valence-corrected chi connectivity index (χ0v) is 9.82. The number of amides is 1. The van der Waals surface area contributed by atoms with Crippen LogP contribution in [-0.2, 0) is 0 Å². The average Bonchev–Trinajstić information content (AvgIpc) is 2.80. The van der Waals surface area contributed by atoms with Crippen LogP contribution in [0.4, 0.5) is 0 Å². The molecule has 3 nitrogen and oxygen atoms in total. The Kier molecular flexibility index (Phi) is 2.64. The molecule has 0 spiro atoms. The Morgan fingerprint density at radius 3 is 2.79 bits per heavy atom. The van der Waals surface area contributed by atoms with Gasteiger partial charge in [-0.15, -0.1) is 11.3 Å². The smallest absolute Gasteiger partial charge is 0.261 e. The third-order valence-electron chi connectivity index (χ3n) is 2.33. The fourth-order valence-electron chi connectivity index (χ4n) is 1.21. The van der Waals surface area contributed by atoms with E-state index in [0.717, 1.165) is 16.6 Å². The highest BCUT2D eigenvalue weighted by Crippen LogP contribution is 2.35. The fourth-order valence-corrected chi connectivity index (χ4v) is 2.49. The predicted molar refractivity (Wildman–Crippen MR) is 58.5 cm³/mol. The normalized spacial score (nSPS) is 17.9. The number of aliphatic hydroxyl groups is 1. The Balaban J connectivity index is 2.03. The SMILES string of the molecule is O=C(NC1(CO)CC1)c1ccc(Br)s1. The van der Waals surface area contributed by atoms with Crippen LogP contribution >= 0.6 is 27.3 Å². The number of rotatable bonds is 3. The van der Waals surface area contributed by atoms with Gasteiger partial charge in [0.15, 0.2) is 0 Å². The van der Waals surface area contributed by atoms with Crippen LogP contribution < -0.4 is 5.32 Å². The number of hydrogen-bond acceptors (Lipinski definition) is 3. The van der Waals surface area contributed by atoms with Crippen LogP contribution in [-0.4, -0.2) is 23.2 Å². The third kappa shape index (κ3) is 1.99. The molecule has 1 aromatic rings. The molecule has 0 radical (unpaired) electrons. The van der Waals surface area contributed by atoms with Gasteiger partial charge in [-0.1, -0.05) is 0 Å². The number of halogens is 1. The van der Waals surface area contributed by atoms with Crippen molar-refractivity contribution in [3.63, 3.8) is 0 Å². The maximum Gasteiger partial charge on any atom is 0.261 e. The molecule has 2 rings (SSSR count). The molecular formula is C9H10BrNO2S. The van der Waals surface area contributed by atoms with Gasteiger partial charge >= 0.3 is 0 Å². The summed E-state index contributed by atoms with van der Waals surface area (Å²) >= 11 is 4.70. The molecule has 0 saturated heterocycles. The molecule has 1 fully saturated rings. The monoisotopic (exact) mass is 275 g/mol. The average molecular weight is 276 g/mol. The van der Waals surface area contributed by atoms with Crippen LogP contribution in [0.15, 0.2) is 15.9 Å². The lowest BCUT2D eigenvalue weighted by Gasteiger charge is -2.12. The van der Waals surface area contributed by atoms with Crippen molar-refractivity contribution in [1.82, 2.24) is 5.32 Å². The molecule has 0 unspecified atom stereocenters. The van der Waals surface area contributed by atoms with E-state index < -0.39 is 0 Å². The Bertz CT molecular complexity index is 359. The van der Waals surface area contributed by atoms with Crippen molar-refractivity contribution >= 4 is 33.2 Å². The molecule has 2 N–H and O–H groups in total. The van der Waals surface area contributed by atoms with E-state index in [1.54, 1.807) is 6.07 Å². The van der Waals surface area contributed by atoms with Gasteiger partial charge in [0.1, 0.15) is 0 Å². The number of carbonyl (C=O) groups is 1. The molecule has 0 aromatic carbocycles. The van der Waals surface area contributed by atoms with Crippen LogP contribution in [0.1, 0.15) is 22.5 Å². The maximum atomic E-state index is 11.6. The second-order valence-corrected chi connectivity index (χ2v) is 5.96. The molecule has 1 aliphatic rings. The zero-order valence-electron chi connectivity index (χ0n) is 7.42. The first-order chi connectivity index (χ1) is 6.65. The molecule has 1 aliphatic carbocycles. The molecular weight excluding hydrogens is 266 g/mol. The summed E-state index contributed by atoms with van der Waals surface area (Å²) in [4.78, 5) is 12.3. The molecule has 5 heteroatoms. The summed E-state index contributed by atoms with van der Waals surface area (Å²) in [5, 5.41) is 11.9.